The maximum atomic E-state index is 14.5. The van der Waals surface area contributed by atoms with Crippen molar-refractivity contribution in [1.82, 2.24) is 29.3 Å². The number of hydrogen-bond donors (Lipinski definition) is 0. The Labute approximate surface area is 487 Å². The van der Waals surface area contributed by atoms with Gasteiger partial charge in [0.25, 0.3) is 0 Å². The standard InChI is InChI=1S/3C22H19N2O2P.Fe/c3*1-17-21(22(25)24(23-17)18-11-5-2-6-12-18)27(26,19-13-7-3-8-14-19)20-15-9-4-10-16-20;/h3*2-16,25H,1H3;/q;;;+3/p-3. The molecule has 3 aromatic heterocycles. The average molecular weight is 1180 g/mol. The number of para-hydroxylation sites is 3. The van der Waals surface area contributed by atoms with Crippen molar-refractivity contribution in [3.05, 3.63) is 290 Å². The molecule has 12 nitrogen and oxygen atoms in total. The van der Waals surface area contributed by atoms with E-state index in [4.69, 9.17) is 0 Å². The van der Waals surface area contributed by atoms with Crippen LogP contribution in [0.2, 0.25) is 0 Å². The molecular weight excluding hydrogens is 1120 g/mol. The van der Waals surface area contributed by atoms with Crippen LogP contribution in [-0.2, 0) is 30.8 Å². The first kappa shape index (κ1) is 57.9. The minimum Gasteiger partial charge on any atom is -0.858 e. The first-order chi connectivity index (χ1) is 39.4. The van der Waals surface area contributed by atoms with E-state index in [1.54, 1.807) is 20.8 Å². The van der Waals surface area contributed by atoms with Gasteiger partial charge in [0, 0.05) is 49.5 Å². The number of aryl methyl sites for hydroxylation is 3. The molecule has 0 saturated heterocycles. The van der Waals surface area contributed by atoms with Crippen LogP contribution < -0.4 is 63.1 Å². The quantitative estimate of drug-likeness (QED) is 0.0857. The third-order valence-electron chi connectivity index (χ3n) is 13.6. The molecule has 0 bridgehead atoms. The number of aromatic nitrogens is 6. The summed E-state index contributed by atoms with van der Waals surface area (Å²) in [4.78, 5) is 0. The van der Waals surface area contributed by atoms with Crippen LogP contribution in [0.4, 0.5) is 0 Å². The fourth-order valence-corrected chi connectivity index (χ4v) is 18.5. The molecule has 16 heteroatoms. The van der Waals surface area contributed by atoms with Gasteiger partial charge in [-0.05, 0) is 57.2 Å². The Morgan fingerprint density at radius 3 is 0.573 bits per heavy atom. The molecule has 0 amide bonds. The summed E-state index contributed by atoms with van der Waals surface area (Å²) in [5.41, 5.74) is 3.43. The van der Waals surface area contributed by atoms with Gasteiger partial charge in [0.2, 0.25) is 0 Å². The molecule has 12 rings (SSSR count). The Morgan fingerprint density at radius 2 is 0.415 bits per heavy atom. The molecule has 3 heterocycles. The normalized spacial score (nSPS) is 11.3. The zero-order chi connectivity index (χ0) is 56.6. The van der Waals surface area contributed by atoms with Crippen molar-refractivity contribution in [2.45, 2.75) is 20.8 Å². The van der Waals surface area contributed by atoms with Crippen molar-refractivity contribution < 1.29 is 46.1 Å². The van der Waals surface area contributed by atoms with Crippen molar-refractivity contribution in [3.63, 3.8) is 0 Å². The zero-order valence-electron chi connectivity index (χ0n) is 44.8. The zero-order valence-corrected chi connectivity index (χ0v) is 48.6. The molecule has 12 aromatic rings. The number of nitrogens with zero attached hydrogens (tertiary/aromatic N) is 6. The summed E-state index contributed by atoms with van der Waals surface area (Å²) >= 11 is 0. The molecule has 0 spiro atoms. The van der Waals surface area contributed by atoms with E-state index in [-0.39, 0.29) is 50.6 Å². The molecule has 0 aliphatic rings. The van der Waals surface area contributed by atoms with E-state index >= 15 is 0 Å². The third-order valence-corrected chi connectivity index (χ3v) is 23.2. The monoisotopic (exact) mass is 1180 g/mol. The van der Waals surface area contributed by atoms with E-state index in [0.717, 1.165) is 0 Å². The van der Waals surface area contributed by atoms with Crippen molar-refractivity contribution >= 4 is 69.2 Å². The Bertz CT molecular complexity index is 3630. The van der Waals surface area contributed by atoms with E-state index < -0.39 is 21.4 Å². The van der Waals surface area contributed by atoms with E-state index in [1.807, 2.05) is 273 Å². The summed E-state index contributed by atoms with van der Waals surface area (Å²) in [6, 6.07) is 82.6. The number of rotatable bonds is 12. The Hall–Kier alpha value is -8.78. The molecule has 0 saturated carbocycles. The van der Waals surface area contributed by atoms with E-state index in [0.29, 0.717) is 66.0 Å². The van der Waals surface area contributed by atoms with Crippen LogP contribution in [0.15, 0.2) is 273 Å². The molecule has 0 aliphatic carbocycles. The summed E-state index contributed by atoms with van der Waals surface area (Å²) in [7, 11) is -10.0. The van der Waals surface area contributed by atoms with Crippen molar-refractivity contribution in [1.29, 1.82) is 0 Å². The fraction of sp³-hybridized carbons (Fsp3) is 0.0455. The second-order valence-corrected chi connectivity index (χ2v) is 26.9. The van der Waals surface area contributed by atoms with Crippen molar-refractivity contribution in [3.8, 4) is 34.7 Å². The SMILES string of the molecule is Cc1nn(-c2ccccc2)c([O-])c1P(=O)(c1ccccc1)c1ccccc1.Cc1nn(-c2ccccc2)c([O-])c1P(=O)(c1ccccc1)c1ccccc1.Cc1nn(-c2ccccc2)c([O-])c1P(=O)(c1ccccc1)c1ccccc1.[Fe+3]. The van der Waals surface area contributed by atoms with Gasteiger partial charge >= 0.3 is 17.1 Å². The Kier molecular flexibility index (Phi) is 17.9. The van der Waals surface area contributed by atoms with Gasteiger partial charge in [-0.2, -0.15) is 15.3 Å². The van der Waals surface area contributed by atoms with Crippen molar-refractivity contribution in [2.75, 3.05) is 0 Å². The maximum absolute atomic E-state index is 14.5. The van der Waals surface area contributed by atoms with E-state index in [9.17, 15) is 29.0 Å². The predicted octanol–water partition coefficient (Wildman–Crippen LogP) is 8.68. The largest absolute Gasteiger partial charge is 3.00 e. The third kappa shape index (κ3) is 11.2. The van der Waals surface area contributed by atoms with Gasteiger partial charge in [-0.3, -0.25) is 0 Å². The summed E-state index contributed by atoms with van der Waals surface area (Å²) in [6.45, 7) is 5.23. The summed E-state index contributed by atoms with van der Waals surface area (Å²) < 4.78 is 47.4. The van der Waals surface area contributed by atoms with Gasteiger partial charge < -0.3 is 29.0 Å². The minimum atomic E-state index is -3.35. The van der Waals surface area contributed by atoms with E-state index in [1.165, 1.54) is 14.0 Å². The summed E-state index contributed by atoms with van der Waals surface area (Å²) in [6.07, 6.45) is 0. The number of hydrogen-bond acceptors (Lipinski definition) is 9. The maximum Gasteiger partial charge on any atom is 3.00 e. The van der Waals surface area contributed by atoms with Crippen LogP contribution in [0.5, 0.6) is 17.6 Å². The first-order valence-electron chi connectivity index (χ1n) is 26.0. The van der Waals surface area contributed by atoms with Crippen LogP contribution in [0.3, 0.4) is 0 Å². The van der Waals surface area contributed by atoms with Crippen molar-refractivity contribution in [2.24, 2.45) is 0 Å². The Morgan fingerprint density at radius 1 is 0.268 bits per heavy atom. The van der Waals surface area contributed by atoms with Crippen LogP contribution in [-0.4, -0.2) is 29.3 Å². The van der Waals surface area contributed by atoms with Crippen LogP contribution in [0, 0.1) is 20.8 Å². The molecule has 0 fully saturated rings. The Balaban J connectivity index is 0.000000147. The fourth-order valence-electron chi connectivity index (χ4n) is 9.86. The van der Waals surface area contributed by atoms with Gasteiger partial charge in [-0.15, -0.1) is 0 Å². The minimum absolute atomic E-state index is 0. The predicted molar refractivity (Wildman–Crippen MR) is 321 cm³/mol. The molecule has 0 N–H and O–H groups in total. The van der Waals surface area contributed by atoms with Gasteiger partial charge in [-0.1, -0.05) is 237 Å². The second kappa shape index (κ2) is 25.3. The van der Waals surface area contributed by atoms with Crippen LogP contribution in [0.1, 0.15) is 17.1 Å². The molecule has 0 unspecified atom stereocenters. The van der Waals surface area contributed by atoms with Gasteiger partial charge in [0.05, 0.1) is 50.1 Å². The topological polar surface area (TPSA) is 174 Å². The van der Waals surface area contributed by atoms with Gasteiger partial charge in [0.15, 0.2) is 21.4 Å². The molecule has 0 atom stereocenters. The molecule has 82 heavy (non-hydrogen) atoms. The molecule has 0 aliphatic heterocycles. The van der Waals surface area contributed by atoms with E-state index in [2.05, 4.69) is 15.3 Å². The average Bonchev–Trinajstić information content (AvgIpc) is 4.28. The molecular formula is C66H54FeN6O6P3. The molecule has 9 aromatic carbocycles. The van der Waals surface area contributed by atoms with Gasteiger partial charge in [0.1, 0.15) is 0 Å². The summed E-state index contributed by atoms with van der Waals surface area (Å²) in [5, 5.41) is 57.8. The smallest absolute Gasteiger partial charge is 0.858 e. The van der Waals surface area contributed by atoms with Crippen LogP contribution in [0.25, 0.3) is 17.1 Å². The summed E-state index contributed by atoms with van der Waals surface area (Å²) in [5.74, 6) is -1.01. The second-order valence-electron chi connectivity index (χ2n) is 18.8. The van der Waals surface area contributed by atoms with Gasteiger partial charge in [-0.25, -0.2) is 14.0 Å². The number of benzene rings is 9. The first-order valence-corrected chi connectivity index (χ1v) is 31.1. The molecule has 407 valence electrons. The van der Waals surface area contributed by atoms with Crippen LogP contribution >= 0.6 is 21.4 Å². The molecule has 1 radical (unpaired) electrons.